The lowest BCUT2D eigenvalue weighted by atomic mass is 9.85. The van der Waals surface area contributed by atoms with Crippen LogP contribution >= 0.6 is 0 Å². The third-order valence-corrected chi connectivity index (χ3v) is 4.22. The van der Waals surface area contributed by atoms with Crippen LogP contribution in [0.25, 0.3) is 0 Å². The fraction of sp³-hybridized carbons (Fsp3) is 0.444. The lowest BCUT2D eigenvalue weighted by Crippen LogP contribution is -2.47. The number of hydrazone groups is 1. The van der Waals surface area contributed by atoms with E-state index in [9.17, 15) is 4.79 Å². The zero-order chi connectivity index (χ0) is 16.6. The van der Waals surface area contributed by atoms with Crippen LogP contribution < -0.4 is 10.3 Å². The topological polar surface area (TPSA) is 47.9 Å². The highest BCUT2D eigenvalue weighted by Crippen LogP contribution is 2.35. The maximum Gasteiger partial charge on any atom is 0.238 e. The molecule has 1 aromatic carbocycles. The molecule has 3 rings (SSSR count). The van der Waals surface area contributed by atoms with Crippen molar-refractivity contribution in [1.29, 1.82) is 0 Å². The summed E-state index contributed by atoms with van der Waals surface area (Å²) in [5.74, 6) is 6.27. The first-order valence-corrected chi connectivity index (χ1v) is 7.95. The number of nitrogens with one attached hydrogen (secondary N) is 1. The second kappa shape index (κ2) is 6.05. The largest absolute Gasteiger partial charge is 0.311 e. The summed E-state index contributed by atoms with van der Waals surface area (Å²) in [5, 5.41) is 4.41. The van der Waals surface area contributed by atoms with Gasteiger partial charge in [-0.2, -0.15) is 5.10 Å². The number of fused-ring (bicyclic) bond motifs is 3. The molecule has 1 amide bonds. The number of carbonyl (C=O) groups is 1. The lowest BCUT2D eigenvalue weighted by Gasteiger charge is -2.33. The third kappa shape index (κ3) is 2.71. The number of hydrogen-bond donors (Lipinski definition) is 1. The zero-order valence-electron chi connectivity index (χ0n) is 14.1. The molecule has 2 aliphatic rings. The van der Waals surface area contributed by atoms with E-state index in [2.05, 4.69) is 28.4 Å². The molecule has 2 atom stereocenters. The van der Waals surface area contributed by atoms with Crippen molar-refractivity contribution in [2.24, 2.45) is 11.0 Å². The summed E-state index contributed by atoms with van der Waals surface area (Å²) in [7, 11) is 3.99. The molecular weight excluding hydrogens is 288 g/mol. The van der Waals surface area contributed by atoms with E-state index in [0.29, 0.717) is 6.54 Å². The molecule has 0 aliphatic carbocycles. The molecule has 23 heavy (non-hydrogen) atoms. The van der Waals surface area contributed by atoms with Crippen molar-refractivity contribution in [3.05, 3.63) is 29.3 Å². The Kier molecular flexibility index (Phi) is 4.10. The molecule has 2 heterocycles. The van der Waals surface area contributed by atoms with Crippen molar-refractivity contribution < 1.29 is 4.79 Å². The van der Waals surface area contributed by atoms with Crippen molar-refractivity contribution >= 4 is 17.3 Å². The molecule has 0 bridgehead atoms. The molecule has 0 saturated heterocycles. The van der Waals surface area contributed by atoms with Crippen LogP contribution in [0.1, 0.15) is 25.0 Å². The van der Waals surface area contributed by atoms with Gasteiger partial charge in [-0.25, -0.2) is 0 Å². The molecule has 0 radical (unpaired) electrons. The zero-order valence-corrected chi connectivity index (χ0v) is 14.1. The van der Waals surface area contributed by atoms with Gasteiger partial charge in [0.25, 0.3) is 0 Å². The number of nitrogens with zero attached hydrogens (tertiary/aromatic N) is 3. The normalized spacial score (nSPS) is 22.0. The van der Waals surface area contributed by atoms with Gasteiger partial charge in [0.1, 0.15) is 5.92 Å². The Labute approximate surface area is 137 Å². The summed E-state index contributed by atoms with van der Waals surface area (Å²) in [6.07, 6.45) is 0. The van der Waals surface area contributed by atoms with E-state index in [1.54, 1.807) is 0 Å². The maximum absolute atomic E-state index is 12.7. The van der Waals surface area contributed by atoms with Crippen molar-refractivity contribution in [1.82, 2.24) is 10.3 Å². The van der Waals surface area contributed by atoms with E-state index >= 15 is 0 Å². The van der Waals surface area contributed by atoms with E-state index in [4.69, 9.17) is 0 Å². The van der Waals surface area contributed by atoms with E-state index in [0.717, 1.165) is 29.1 Å². The van der Waals surface area contributed by atoms with Crippen molar-refractivity contribution in [2.75, 3.05) is 32.1 Å². The van der Waals surface area contributed by atoms with Gasteiger partial charge >= 0.3 is 0 Å². The molecule has 5 heteroatoms. The van der Waals surface area contributed by atoms with Gasteiger partial charge in [0.15, 0.2) is 0 Å². The van der Waals surface area contributed by atoms with Gasteiger partial charge in [-0.1, -0.05) is 11.8 Å². The van der Waals surface area contributed by atoms with Gasteiger partial charge in [-0.05, 0) is 46.1 Å². The summed E-state index contributed by atoms with van der Waals surface area (Å²) >= 11 is 0. The molecule has 0 aromatic heterocycles. The lowest BCUT2D eigenvalue weighted by molar-refractivity contribution is -0.120. The smallest absolute Gasteiger partial charge is 0.238 e. The molecular formula is C18H22N4O. The molecule has 120 valence electrons. The van der Waals surface area contributed by atoms with Gasteiger partial charge in [0.2, 0.25) is 5.91 Å². The highest BCUT2D eigenvalue weighted by molar-refractivity contribution is 6.24. The van der Waals surface area contributed by atoms with Crippen LogP contribution in [-0.2, 0) is 4.79 Å². The molecule has 1 N–H and O–H groups in total. The van der Waals surface area contributed by atoms with Crippen molar-refractivity contribution in [3.8, 4) is 11.8 Å². The highest BCUT2D eigenvalue weighted by Gasteiger charge is 2.43. The number of hydrogen-bond acceptors (Lipinski definition) is 4. The third-order valence-electron chi connectivity index (χ3n) is 4.22. The van der Waals surface area contributed by atoms with E-state index in [1.165, 1.54) is 0 Å². The van der Waals surface area contributed by atoms with Crippen LogP contribution in [0, 0.1) is 17.8 Å². The SMILES string of the molecule is CCN1C(=O)C2C(=NNC2C)c2cc(C#CCN(C)C)ccc21. The van der Waals surface area contributed by atoms with Crippen LogP contribution in [-0.4, -0.2) is 49.7 Å². The maximum atomic E-state index is 12.7. The molecule has 0 saturated carbocycles. The first-order valence-electron chi connectivity index (χ1n) is 7.95. The highest BCUT2D eigenvalue weighted by atomic mass is 16.2. The Hall–Kier alpha value is -2.32. The Bertz CT molecular complexity index is 726. The first-order chi connectivity index (χ1) is 11.0. The summed E-state index contributed by atoms with van der Waals surface area (Å²) in [6, 6.07) is 6.05. The minimum Gasteiger partial charge on any atom is -0.311 e. The molecule has 5 nitrogen and oxygen atoms in total. The Morgan fingerprint density at radius 3 is 2.87 bits per heavy atom. The van der Waals surface area contributed by atoms with Crippen molar-refractivity contribution in [3.63, 3.8) is 0 Å². The average Bonchev–Trinajstić information content (AvgIpc) is 2.90. The number of rotatable bonds is 2. The van der Waals surface area contributed by atoms with Gasteiger partial charge in [-0.15, -0.1) is 0 Å². The van der Waals surface area contributed by atoms with Gasteiger partial charge in [-0.3, -0.25) is 9.69 Å². The predicted molar refractivity (Wildman–Crippen MR) is 92.5 cm³/mol. The monoisotopic (exact) mass is 310 g/mol. The number of anilines is 1. The number of amides is 1. The van der Waals surface area contributed by atoms with E-state index in [-0.39, 0.29) is 17.9 Å². The second-order valence-electron chi connectivity index (χ2n) is 6.25. The van der Waals surface area contributed by atoms with Crippen LogP contribution in [0.15, 0.2) is 23.3 Å². The summed E-state index contributed by atoms with van der Waals surface area (Å²) in [6.45, 7) is 5.38. The summed E-state index contributed by atoms with van der Waals surface area (Å²) in [5.41, 5.74) is 6.80. The summed E-state index contributed by atoms with van der Waals surface area (Å²) < 4.78 is 0. The van der Waals surface area contributed by atoms with Gasteiger partial charge in [0, 0.05) is 17.7 Å². The van der Waals surface area contributed by atoms with Crippen LogP contribution in [0.5, 0.6) is 0 Å². The van der Waals surface area contributed by atoms with Crippen LogP contribution in [0.4, 0.5) is 5.69 Å². The fourth-order valence-corrected chi connectivity index (χ4v) is 3.08. The molecule has 2 aliphatic heterocycles. The molecule has 0 fully saturated rings. The summed E-state index contributed by atoms with van der Waals surface area (Å²) in [4.78, 5) is 16.6. The molecule has 0 spiro atoms. The Morgan fingerprint density at radius 2 is 2.17 bits per heavy atom. The average molecular weight is 310 g/mol. The van der Waals surface area contributed by atoms with Crippen LogP contribution in [0.2, 0.25) is 0 Å². The minimum atomic E-state index is -0.201. The van der Waals surface area contributed by atoms with E-state index in [1.807, 2.05) is 49.9 Å². The standard InChI is InChI=1S/C18H22N4O/c1-5-22-15-9-8-13(7-6-10-21(3)4)11-14(15)17-16(18(22)23)12(2)19-20-17/h8-9,11-12,16,19H,5,10H2,1-4H3. The quantitative estimate of drug-likeness (QED) is 0.837. The minimum absolute atomic E-state index is 0.0307. The second-order valence-corrected chi connectivity index (χ2v) is 6.25. The first kappa shape index (κ1) is 15.6. The fourth-order valence-electron chi connectivity index (χ4n) is 3.08. The van der Waals surface area contributed by atoms with Gasteiger partial charge in [0.05, 0.1) is 24.0 Å². The van der Waals surface area contributed by atoms with Gasteiger partial charge < -0.3 is 10.3 Å². The Balaban J connectivity index is 2.03. The molecule has 2 unspecified atom stereocenters. The molecule has 1 aromatic rings. The van der Waals surface area contributed by atoms with Crippen LogP contribution in [0.3, 0.4) is 0 Å². The van der Waals surface area contributed by atoms with E-state index < -0.39 is 0 Å². The Morgan fingerprint density at radius 1 is 1.39 bits per heavy atom. The number of benzene rings is 1. The number of carbonyl (C=O) groups excluding carboxylic acids is 1. The predicted octanol–water partition coefficient (Wildman–Crippen LogP) is 1.28. The van der Waals surface area contributed by atoms with Crippen molar-refractivity contribution in [2.45, 2.75) is 19.9 Å².